The van der Waals surface area contributed by atoms with Gasteiger partial charge in [0.2, 0.25) is 5.79 Å². The molecule has 1 aromatic rings. The summed E-state index contributed by atoms with van der Waals surface area (Å²) in [6.07, 6.45) is -0.328. The molecule has 0 saturated heterocycles. The van der Waals surface area contributed by atoms with Crippen LogP contribution in [0.15, 0.2) is 18.2 Å². The molecule has 0 aromatic heterocycles. The van der Waals surface area contributed by atoms with Gasteiger partial charge < -0.3 is 9.47 Å². The molecular weight excluding hydrogens is 289 g/mol. The molecule has 20 heavy (non-hydrogen) atoms. The molecule has 0 fully saturated rings. The average molecular weight is 305 g/mol. The van der Waals surface area contributed by atoms with Crippen LogP contribution >= 0.6 is 0 Å². The highest BCUT2D eigenvalue weighted by atomic mass is 32.2. The van der Waals surface area contributed by atoms with Gasteiger partial charge in [-0.3, -0.25) is 4.18 Å². The van der Waals surface area contributed by atoms with E-state index in [0.717, 1.165) is 0 Å². The predicted octanol–water partition coefficient (Wildman–Crippen LogP) is 1.62. The zero-order valence-electron chi connectivity index (χ0n) is 11.1. The smallest absolute Gasteiger partial charge is 0.333 e. The van der Waals surface area contributed by atoms with Gasteiger partial charge in [0.15, 0.2) is 0 Å². The Morgan fingerprint density at radius 2 is 2.15 bits per heavy atom. The van der Waals surface area contributed by atoms with Crippen LogP contribution < -0.4 is 9.88 Å². The maximum absolute atomic E-state index is 13.3. The number of halogens is 1. The van der Waals surface area contributed by atoms with Gasteiger partial charge >= 0.3 is 10.3 Å². The Bertz CT molecular complexity index is 602. The fourth-order valence-electron chi connectivity index (χ4n) is 2.04. The minimum absolute atomic E-state index is 0.157. The van der Waals surface area contributed by atoms with Crippen LogP contribution in [0.5, 0.6) is 5.75 Å². The quantitative estimate of drug-likeness (QED) is 0.913. The fraction of sp³-hybridized carbons (Fsp3) is 0.500. The van der Waals surface area contributed by atoms with E-state index in [0.29, 0.717) is 11.3 Å². The van der Waals surface area contributed by atoms with Gasteiger partial charge in [0.05, 0.1) is 12.7 Å². The van der Waals surface area contributed by atoms with E-state index < -0.39 is 28.0 Å². The first-order valence-corrected chi connectivity index (χ1v) is 7.47. The Balaban J connectivity index is 2.18. The minimum Gasteiger partial charge on any atom is -0.463 e. The van der Waals surface area contributed by atoms with E-state index in [4.69, 9.17) is 14.6 Å². The first-order valence-electron chi connectivity index (χ1n) is 6.00. The molecular formula is C12H16FNO5S. The van der Waals surface area contributed by atoms with E-state index in [-0.39, 0.29) is 13.0 Å². The number of ether oxygens (including phenoxy) is 2. The van der Waals surface area contributed by atoms with Crippen molar-refractivity contribution in [3.8, 4) is 5.75 Å². The van der Waals surface area contributed by atoms with Gasteiger partial charge in [0, 0.05) is 25.8 Å². The summed E-state index contributed by atoms with van der Waals surface area (Å²) in [5.74, 6) is -0.812. The zero-order valence-corrected chi connectivity index (χ0v) is 11.9. The summed E-state index contributed by atoms with van der Waals surface area (Å²) in [7, 11) is -4.00. The van der Waals surface area contributed by atoms with Crippen LogP contribution in [0.4, 0.5) is 4.39 Å². The van der Waals surface area contributed by atoms with Crippen LogP contribution in [0.3, 0.4) is 0 Å². The molecule has 0 spiro atoms. The summed E-state index contributed by atoms with van der Waals surface area (Å²) in [4.78, 5) is 0. The van der Waals surface area contributed by atoms with Crippen molar-refractivity contribution < 1.29 is 26.5 Å². The second-order valence-corrected chi connectivity index (χ2v) is 6.12. The Labute approximate surface area is 116 Å². The SMILES string of the molecule is CC1(C)Oc2ccc(F)cc2C(CCOS(N)(=O)=O)O1. The van der Waals surface area contributed by atoms with Gasteiger partial charge in [-0.15, -0.1) is 0 Å². The molecule has 8 heteroatoms. The first-order chi connectivity index (χ1) is 9.16. The largest absolute Gasteiger partial charge is 0.463 e. The zero-order chi connectivity index (χ0) is 15.0. The van der Waals surface area contributed by atoms with E-state index in [2.05, 4.69) is 4.18 Å². The summed E-state index contributed by atoms with van der Waals surface area (Å²) in [6, 6.07) is 4.10. The van der Waals surface area contributed by atoms with Crippen LogP contribution in [0.25, 0.3) is 0 Å². The molecule has 0 bridgehead atoms. The highest BCUT2D eigenvalue weighted by Crippen LogP contribution is 2.40. The molecule has 6 nitrogen and oxygen atoms in total. The Kier molecular flexibility index (Phi) is 4.01. The van der Waals surface area contributed by atoms with Crippen molar-refractivity contribution in [2.24, 2.45) is 5.14 Å². The van der Waals surface area contributed by atoms with Crippen molar-refractivity contribution in [3.05, 3.63) is 29.6 Å². The maximum Gasteiger partial charge on any atom is 0.333 e. The third-order valence-corrected chi connectivity index (χ3v) is 3.22. The lowest BCUT2D eigenvalue weighted by Gasteiger charge is -2.37. The third-order valence-electron chi connectivity index (χ3n) is 2.73. The summed E-state index contributed by atoms with van der Waals surface area (Å²) >= 11 is 0. The number of nitrogens with two attached hydrogens (primary N) is 1. The topological polar surface area (TPSA) is 87.9 Å². The van der Waals surface area contributed by atoms with Gasteiger partial charge in [0.25, 0.3) is 0 Å². The lowest BCUT2D eigenvalue weighted by atomic mass is 10.0. The highest BCUT2D eigenvalue weighted by molar-refractivity contribution is 7.84. The summed E-state index contributed by atoms with van der Waals surface area (Å²) in [5.41, 5.74) is 0.516. The van der Waals surface area contributed by atoms with Gasteiger partial charge in [-0.05, 0) is 18.2 Å². The predicted molar refractivity (Wildman–Crippen MR) is 68.6 cm³/mol. The van der Waals surface area contributed by atoms with Crippen molar-refractivity contribution >= 4 is 10.3 Å². The Morgan fingerprint density at radius 3 is 2.80 bits per heavy atom. The monoisotopic (exact) mass is 305 g/mol. The van der Waals surface area contributed by atoms with Crippen molar-refractivity contribution in [3.63, 3.8) is 0 Å². The van der Waals surface area contributed by atoms with Gasteiger partial charge in [-0.25, -0.2) is 9.53 Å². The standard InChI is InChI=1S/C12H16FNO5S/c1-12(2)18-10-4-3-8(13)7-9(10)11(19-12)5-6-17-20(14,15)16/h3-4,7,11H,5-6H2,1-2H3,(H2,14,15,16). The second-order valence-electron chi connectivity index (χ2n) is 4.89. The lowest BCUT2D eigenvalue weighted by molar-refractivity contribution is -0.209. The molecule has 1 heterocycles. The molecule has 2 rings (SSSR count). The van der Waals surface area contributed by atoms with Crippen LogP contribution in [-0.4, -0.2) is 20.8 Å². The summed E-state index contributed by atoms with van der Waals surface area (Å²) in [6.45, 7) is 3.27. The van der Waals surface area contributed by atoms with E-state index in [1.807, 2.05) is 0 Å². The number of rotatable bonds is 4. The maximum atomic E-state index is 13.3. The normalized spacial score (nSPS) is 21.1. The number of hydrogen-bond donors (Lipinski definition) is 1. The summed E-state index contributed by atoms with van der Waals surface area (Å²) < 4.78 is 50.5. The Hall–Kier alpha value is -1.22. The molecule has 0 amide bonds. The van der Waals surface area contributed by atoms with Crippen LogP contribution in [-0.2, 0) is 19.2 Å². The van der Waals surface area contributed by atoms with Gasteiger partial charge in [-0.2, -0.15) is 8.42 Å². The average Bonchev–Trinajstić information content (AvgIpc) is 2.27. The minimum atomic E-state index is -4.00. The number of hydrogen-bond acceptors (Lipinski definition) is 5. The highest BCUT2D eigenvalue weighted by Gasteiger charge is 2.34. The van der Waals surface area contributed by atoms with Crippen molar-refractivity contribution in [2.75, 3.05) is 6.61 Å². The van der Waals surface area contributed by atoms with Gasteiger partial charge in [-0.1, -0.05) is 0 Å². The molecule has 0 aliphatic carbocycles. The van der Waals surface area contributed by atoms with Crippen molar-refractivity contribution in [2.45, 2.75) is 32.2 Å². The first kappa shape index (κ1) is 15.2. The molecule has 1 unspecified atom stereocenters. The second kappa shape index (κ2) is 5.28. The van der Waals surface area contributed by atoms with E-state index >= 15 is 0 Å². The van der Waals surface area contributed by atoms with Crippen LogP contribution in [0, 0.1) is 5.82 Å². The summed E-state index contributed by atoms with van der Waals surface area (Å²) in [5, 5.41) is 4.75. The van der Waals surface area contributed by atoms with E-state index in [9.17, 15) is 12.8 Å². The Morgan fingerprint density at radius 1 is 1.45 bits per heavy atom. The molecule has 112 valence electrons. The fourth-order valence-corrected chi connectivity index (χ4v) is 2.37. The van der Waals surface area contributed by atoms with Crippen molar-refractivity contribution in [1.29, 1.82) is 0 Å². The molecule has 1 aromatic carbocycles. The number of benzene rings is 1. The van der Waals surface area contributed by atoms with E-state index in [1.165, 1.54) is 18.2 Å². The molecule has 1 aliphatic heterocycles. The van der Waals surface area contributed by atoms with Crippen molar-refractivity contribution in [1.82, 2.24) is 0 Å². The molecule has 2 N–H and O–H groups in total. The molecule has 1 atom stereocenters. The van der Waals surface area contributed by atoms with E-state index in [1.54, 1.807) is 13.8 Å². The third kappa shape index (κ3) is 3.89. The van der Waals surface area contributed by atoms with Crippen LogP contribution in [0.1, 0.15) is 31.9 Å². The molecule has 0 saturated carbocycles. The van der Waals surface area contributed by atoms with Gasteiger partial charge in [0.1, 0.15) is 11.6 Å². The molecule has 0 radical (unpaired) electrons. The lowest BCUT2D eigenvalue weighted by Crippen LogP contribution is -2.38. The molecule has 1 aliphatic rings. The van der Waals surface area contributed by atoms with Crippen LogP contribution in [0.2, 0.25) is 0 Å². The number of fused-ring (bicyclic) bond motifs is 1.